The smallest absolute Gasteiger partial charge is 0.283 e. The third-order valence-electron chi connectivity index (χ3n) is 4.16. The Hall–Kier alpha value is -3.04. The molecule has 1 amide bonds. The lowest BCUT2D eigenvalue weighted by Crippen LogP contribution is -2.47. The summed E-state index contributed by atoms with van der Waals surface area (Å²) in [6.45, 7) is 0. The van der Waals surface area contributed by atoms with Crippen molar-refractivity contribution in [3.8, 4) is 0 Å². The molecule has 148 valence electrons. The quantitative estimate of drug-likeness (QED) is 0.611. The van der Waals surface area contributed by atoms with Gasteiger partial charge in [-0.3, -0.25) is 4.79 Å². The van der Waals surface area contributed by atoms with E-state index in [1.165, 1.54) is 12.1 Å². The molecular formula is C18H13F6N3O. The molecule has 1 aromatic heterocycles. The number of aromatic nitrogens is 2. The average Bonchev–Trinajstić information content (AvgIpc) is 2.90. The summed E-state index contributed by atoms with van der Waals surface area (Å²) in [5, 5.41) is 4.96. The van der Waals surface area contributed by atoms with Gasteiger partial charge in [0.25, 0.3) is 12.3 Å². The van der Waals surface area contributed by atoms with E-state index < -0.39 is 53.4 Å². The Balaban J connectivity index is 2.01. The topological polar surface area (TPSA) is 46.9 Å². The van der Waals surface area contributed by atoms with E-state index in [4.69, 9.17) is 0 Å². The average molecular weight is 401 g/mol. The summed E-state index contributed by atoms with van der Waals surface area (Å²) < 4.78 is 83.4. The summed E-state index contributed by atoms with van der Waals surface area (Å²) in [6, 6.07) is 4.65. The second-order valence-electron chi connectivity index (χ2n) is 6.11. The zero-order chi connectivity index (χ0) is 20.6. The first kappa shape index (κ1) is 19.7. The highest BCUT2D eigenvalue weighted by Gasteiger charge is 2.42. The summed E-state index contributed by atoms with van der Waals surface area (Å²) >= 11 is 0. The largest absolute Gasteiger partial charge is 0.316 e. The molecule has 2 aromatic rings. The summed E-state index contributed by atoms with van der Waals surface area (Å²) in [6.07, 6.45) is -2.36. The predicted octanol–water partition coefficient (Wildman–Crippen LogP) is 4.37. The van der Waals surface area contributed by atoms with Gasteiger partial charge in [-0.2, -0.15) is 9.49 Å². The molecule has 1 atom stereocenters. The number of amides is 1. The maximum Gasteiger partial charge on any atom is 0.283 e. The number of halogens is 6. The number of hydrogen-bond donors (Lipinski definition) is 1. The fourth-order valence-corrected chi connectivity index (χ4v) is 2.91. The predicted molar refractivity (Wildman–Crippen MR) is 87.6 cm³/mol. The van der Waals surface area contributed by atoms with Crippen LogP contribution in [0, 0.1) is 11.8 Å². The molecule has 0 saturated carbocycles. The number of aryl methyl sites for hydroxylation is 1. The van der Waals surface area contributed by atoms with Gasteiger partial charge in [-0.15, -0.1) is 0 Å². The van der Waals surface area contributed by atoms with Crippen molar-refractivity contribution in [1.82, 2.24) is 15.1 Å². The molecule has 0 bridgehead atoms. The minimum absolute atomic E-state index is 0.00714. The van der Waals surface area contributed by atoms with Crippen LogP contribution in [-0.4, -0.2) is 21.5 Å². The molecular weight excluding hydrogens is 388 g/mol. The van der Waals surface area contributed by atoms with Gasteiger partial charge in [0.2, 0.25) is 11.7 Å². The number of allylic oxidation sites excluding steroid dienone is 2. The van der Waals surface area contributed by atoms with E-state index >= 15 is 4.39 Å². The highest BCUT2D eigenvalue weighted by Crippen LogP contribution is 2.38. The van der Waals surface area contributed by atoms with Crippen molar-refractivity contribution >= 4 is 11.5 Å². The van der Waals surface area contributed by atoms with Gasteiger partial charge in [-0.25, -0.2) is 26.6 Å². The van der Waals surface area contributed by atoms with Gasteiger partial charge in [-0.05, 0) is 23.8 Å². The van der Waals surface area contributed by atoms with Crippen molar-refractivity contribution in [3.63, 3.8) is 0 Å². The second-order valence-corrected chi connectivity index (χ2v) is 6.11. The van der Waals surface area contributed by atoms with E-state index in [-0.39, 0.29) is 11.1 Å². The fraction of sp³-hybridized carbons (Fsp3) is 0.222. The molecule has 1 unspecified atom stereocenters. The number of alkyl halides is 3. The lowest BCUT2D eigenvalue weighted by atomic mass is 9.89. The lowest BCUT2D eigenvalue weighted by molar-refractivity contribution is 0.0805. The monoisotopic (exact) mass is 401 g/mol. The van der Waals surface area contributed by atoms with Crippen molar-refractivity contribution in [1.29, 1.82) is 0 Å². The van der Waals surface area contributed by atoms with Gasteiger partial charge in [0.1, 0.15) is 22.9 Å². The number of hydrogen-bond acceptors (Lipinski definition) is 2. The van der Waals surface area contributed by atoms with Crippen LogP contribution in [0.2, 0.25) is 0 Å². The molecule has 0 radical (unpaired) electrons. The van der Waals surface area contributed by atoms with Crippen LogP contribution >= 0.6 is 0 Å². The molecule has 0 fully saturated rings. The molecule has 0 aliphatic heterocycles. The van der Waals surface area contributed by atoms with E-state index in [0.29, 0.717) is 4.68 Å². The number of nitrogens with zero attached hydrogens (tertiary/aromatic N) is 2. The highest BCUT2D eigenvalue weighted by atomic mass is 19.3. The number of benzene rings is 1. The van der Waals surface area contributed by atoms with Gasteiger partial charge in [0.05, 0.1) is 6.42 Å². The Morgan fingerprint density at radius 2 is 1.96 bits per heavy atom. The van der Waals surface area contributed by atoms with Gasteiger partial charge < -0.3 is 5.32 Å². The Bertz CT molecular complexity index is 997. The van der Waals surface area contributed by atoms with Crippen molar-refractivity contribution in [3.05, 3.63) is 70.8 Å². The van der Waals surface area contributed by atoms with Gasteiger partial charge in [-0.1, -0.05) is 18.2 Å². The van der Waals surface area contributed by atoms with E-state index in [9.17, 15) is 26.7 Å². The van der Waals surface area contributed by atoms with E-state index in [1.54, 1.807) is 5.32 Å². The van der Waals surface area contributed by atoms with Crippen molar-refractivity contribution in [2.75, 3.05) is 0 Å². The molecule has 3 rings (SSSR count). The first-order chi connectivity index (χ1) is 13.1. The third-order valence-corrected chi connectivity index (χ3v) is 4.16. The van der Waals surface area contributed by atoms with Crippen LogP contribution in [0.1, 0.15) is 34.5 Å². The van der Waals surface area contributed by atoms with E-state index in [1.807, 2.05) is 0 Å². The maximum absolute atomic E-state index is 15.6. The maximum atomic E-state index is 15.6. The minimum atomic E-state index is -3.30. The first-order valence-corrected chi connectivity index (χ1v) is 7.97. The van der Waals surface area contributed by atoms with Crippen LogP contribution in [0.5, 0.6) is 0 Å². The van der Waals surface area contributed by atoms with Crippen LogP contribution in [0.25, 0.3) is 5.57 Å². The van der Waals surface area contributed by atoms with E-state index in [0.717, 1.165) is 31.3 Å². The van der Waals surface area contributed by atoms with Crippen LogP contribution in [0.3, 0.4) is 0 Å². The molecule has 1 heterocycles. The molecule has 10 heteroatoms. The van der Waals surface area contributed by atoms with Crippen LogP contribution in [0.4, 0.5) is 26.3 Å². The highest BCUT2D eigenvalue weighted by molar-refractivity contribution is 5.97. The number of carbonyl (C=O) groups is 1. The molecule has 1 aromatic carbocycles. The van der Waals surface area contributed by atoms with Crippen LogP contribution in [0.15, 0.2) is 42.2 Å². The van der Waals surface area contributed by atoms with Gasteiger partial charge in [0.15, 0.2) is 0 Å². The fourth-order valence-electron chi connectivity index (χ4n) is 2.91. The number of nitrogens with one attached hydrogen (secondary N) is 1. The van der Waals surface area contributed by atoms with Crippen LogP contribution in [-0.2, 0) is 7.05 Å². The zero-order valence-corrected chi connectivity index (χ0v) is 14.3. The Morgan fingerprint density at radius 1 is 1.25 bits per heavy atom. The normalized spacial score (nSPS) is 19.4. The lowest BCUT2D eigenvalue weighted by Gasteiger charge is -2.31. The van der Waals surface area contributed by atoms with Gasteiger partial charge >= 0.3 is 0 Å². The van der Waals surface area contributed by atoms with E-state index in [2.05, 4.69) is 5.10 Å². The molecule has 1 N–H and O–H groups in total. The zero-order valence-electron chi connectivity index (χ0n) is 14.3. The molecule has 1 aliphatic carbocycles. The summed E-state index contributed by atoms with van der Waals surface area (Å²) in [4.78, 5) is 12.4. The Labute approximate surface area is 155 Å². The Morgan fingerprint density at radius 3 is 2.61 bits per heavy atom. The standard InChI is InChI=1S/C18H13F6N3O/c1-27-16(23)13(14(26-27)15(21)22)17(28)25-18(24)8-11(20)5-6-12(18)9-3-2-4-10(19)7-9/h2-7,15H,8H2,1H3,(H,25,28). The number of rotatable bonds is 4. The van der Waals surface area contributed by atoms with Gasteiger partial charge in [0, 0.05) is 12.6 Å². The summed E-state index contributed by atoms with van der Waals surface area (Å²) in [5.74, 6) is -7.53. The molecule has 0 spiro atoms. The van der Waals surface area contributed by atoms with Crippen molar-refractivity contribution in [2.24, 2.45) is 7.05 Å². The summed E-state index contributed by atoms with van der Waals surface area (Å²) in [7, 11) is 0.990. The van der Waals surface area contributed by atoms with Crippen molar-refractivity contribution in [2.45, 2.75) is 18.6 Å². The molecule has 1 aliphatic rings. The summed E-state index contributed by atoms with van der Waals surface area (Å²) in [5.41, 5.74) is -2.65. The SMILES string of the molecule is Cn1nc(C(F)F)c(C(=O)NC2(F)CC(F)=CC=C2c2cccc(F)c2)c1F. The first-order valence-electron chi connectivity index (χ1n) is 7.97. The molecule has 0 saturated heterocycles. The second kappa shape index (κ2) is 7.17. The minimum Gasteiger partial charge on any atom is -0.316 e. The Kier molecular flexibility index (Phi) is 5.05. The van der Waals surface area contributed by atoms with Crippen LogP contribution < -0.4 is 5.32 Å². The molecule has 4 nitrogen and oxygen atoms in total. The molecule has 28 heavy (non-hydrogen) atoms. The van der Waals surface area contributed by atoms with Crippen molar-refractivity contribution < 1.29 is 31.1 Å². The number of carbonyl (C=O) groups excluding carboxylic acids is 1. The third kappa shape index (κ3) is 3.54.